The van der Waals surface area contributed by atoms with Crippen LogP contribution >= 0.6 is 11.6 Å². The van der Waals surface area contributed by atoms with Gasteiger partial charge in [-0.05, 0) is 54.1 Å². The standard InChI is InChI=1S/C29H25ClN4O4/c1-36-21-11-4-17(5-12-21)16-31-29(35)22-15-23(19-8-13-24(37-2)25(14-19)38-3)32-28-26(22)27(33-34-28)18-6-9-20(30)10-7-18/h4-15H,16H2,1-3H3,(H,31,35)(H,32,33,34). The number of methoxy groups -OCH3 is 3. The normalized spacial score (nSPS) is 10.8. The van der Waals surface area contributed by atoms with Crippen LogP contribution in [0.4, 0.5) is 0 Å². The highest BCUT2D eigenvalue weighted by Crippen LogP contribution is 2.35. The Kier molecular flexibility index (Phi) is 7.15. The molecule has 0 atom stereocenters. The van der Waals surface area contributed by atoms with Crippen molar-refractivity contribution in [2.24, 2.45) is 0 Å². The number of hydrogen-bond acceptors (Lipinski definition) is 6. The van der Waals surface area contributed by atoms with Crippen molar-refractivity contribution >= 4 is 28.5 Å². The van der Waals surface area contributed by atoms with Crippen molar-refractivity contribution in [2.45, 2.75) is 6.54 Å². The number of halogens is 1. The maximum absolute atomic E-state index is 13.6. The molecule has 0 unspecified atom stereocenters. The van der Waals surface area contributed by atoms with E-state index in [1.165, 1.54) is 0 Å². The quantitative estimate of drug-likeness (QED) is 0.260. The van der Waals surface area contributed by atoms with Crippen molar-refractivity contribution in [3.8, 4) is 39.8 Å². The molecule has 0 aliphatic carbocycles. The highest BCUT2D eigenvalue weighted by atomic mass is 35.5. The molecular formula is C29H25ClN4O4. The van der Waals surface area contributed by atoms with Gasteiger partial charge < -0.3 is 19.5 Å². The first-order chi connectivity index (χ1) is 18.5. The van der Waals surface area contributed by atoms with E-state index in [1.54, 1.807) is 45.6 Å². The summed E-state index contributed by atoms with van der Waals surface area (Å²) in [5, 5.41) is 11.8. The Hall–Kier alpha value is -4.56. The summed E-state index contributed by atoms with van der Waals surface area (Å²) >= 11 is 6.10. The predicted molar refractivity (Wildman–Crippen MR) is 147 cm³/mol. The molecule has 9 heteroatoms. The van der Waals surface area contributed by atoms with Crippen LogP contribution in [0.25, 0.3) is 33.5 Å². The van der Waals surface area contributed by atoms with Gasteiger partial charge in [-0.25, -0.2) is 4.98 Å². The first-order valence-electron chi connectivity index (χ1n) is 11.8. The number of benzene rings is 3. The molecule has 0 aliphatic heterocycles. The van der Waals surface area contributed by atoms with Gasteiger partial charge in [-0.1, -0.05) is 35.9 Å². The van der Waals surface area contributed by atoms with Gasteiger partial charge in [0.2, 0.25) is 0 Å². The number of ether oxygens (including phenoxy) is 3. The number of pyridine rings is 1. The van der Waals surface area contributed by atoms with E-state index >= 15 is 0 Å². The van der Waals surface area contributed by atoms with Crippen LogP contribution < -0.4 is 19.5 Å². The maximum Gasteiger partial charge on any atom is 0.252 e. The summed E-state index contributed by atoms with van der Waals surface area (Å²) in [7, 11) is 4.77. The number of nitrogens with one attached hydrogen (secondary N) is 2. The third-order valence-corrected chi connectivity index (χ3v) is 6.44. The molecule has 192 valence electrons. The van der Waals surface area contributed by atoms with E-state index in [-0.39, 0.29) is 5.91 Å². The highest BCUT2D eigenvalue weighted by molar-refractivity contribution is 6.30. The van der Waals surface area contributed by atoms with Crippen molar-refractivity contribution in [3.63, 3.8) is 0 Å². The van der Waals surface area contributed by atoms with Gasteiger partial charge in [0.15, 0.2) is 17.1 Å². The Labute approximate surface area is 224 Å². The molecule has 1 amide bonds. The van der Waals surface area contributed by atoms with Gasteiger partial charge in [-0.2, -0.15) is 5.10 Å². The second-order valence-corrected chi connectivity index (χ2v) is 8.90. The minimum atomic E-state index is -0.258. The third-order valence-electron chi connectivity index (χ3n) is 6.19. The van der Waals surface area contributed by atoms with Crippen LogP contribution in [0, 0.1) is 0 Å². The molecular weight excluding hydrogens is 504 g/mol. The summed E-state index contributed by atoms with van der Waals surface area (Å²) in [6, 6.07) is 22.1. The Bertz CT molecular complexity index is 1600. The van der Waals surface area contributed by atoms with Crippen molar-refractivity contribution in [1.29, 1.82) is 0 Å². The molecule has 0 fully saturated rings. The molecule has 0 saturated heterocycles. The van der Waals surface area contributed by atoms with Crippen molar-refractivity contribution in [3.05, 3.63) is 88.9 Å². The lowest BCUT2D eigenvalue weighted by Crippen LogP contribution is -2.23. The lowest BCUT2D eigenvalue weighted by atomic mass is 10.0. The first-order valence-corrected chi connectivity index (χ1v) is 12.2. The number of fused-ring (bicyclic) bond motifs is 1. The summed E-state index contributed by atoms with van der Waals surface area (Å²) in [6.45, 7) is 0.340. The SMILES string of the molecule is COc1ccc(CNC(=O)c2cc(-c3ccc(OC)c(OC)c3)nc3n[nH]c(-c4ccc(Cl)cc4)c23)cc1. The summed E-state index contributed by atoms with van der Waals surface area (Å²) < 4.78 is 16.1. The number of hydrogen-bond donors (Lipinski definition) is 2. The number of carbonyl (C=O) groups is 1. The van der Waals surface area contributed by atoms with E-state index < -0.39 is 0 Å². The van der Waals surface area contributed by atoms with Gasteiger partial charge in [0, 0.05) is 22.7 Å². The zero-order valence-electron chi connectivity index (χ0n) is 21.0. The minimum Gasteiger partial charge on any atom is -0.497 e. The Morgan fingerprint density at radius 1 is 0.868 bits per heavy atom. The third kappa shape index (κ3) is 4.99. The minimum absolute atomic E-state index is 0.258. The van der Waals surface area contributed by atoms with E-state index in [9.17, 15) is 4.79 Å². The zero-order chi connectivity index (χ0) is 26.6. The van der Waals surface area contributed by atoms with Crippen molar-refractivity contribution in [2.75, 3.05) is 21.3 Å². The molecule has 0 aliphatic rings. The number of H-pyrrole nitrogens is 1. The van der Waals surface area contributed by atoms with Crippen LogP contribution in [-0.2, 0) is 6.54 Å². The second-order valence-electron chi connectivity index (χ2n) is 8.46. The molecule has 0 radical (unpaired) electrons. The molecule has 38 heavy (non-hydrogen) atoms. The van der Waals surface area contributed by atoms with E-state index in [2.05, 4.69) is 15.5 Å². The smallest absolute Gasteiger partial charge is 0.252 e. The van der Waals surface area contributed by atoms with Gasteiger partial charge in [0.25, 0.3) is 5.91 Å². The van der Waals surface area contributed by atoms with E-state index in [4.69, 9.17) is 30.8 Å². The number of aromatic nitrogens is 3. The molecule has 0 saturated carbocycles. The number of rotatable bonds is 8. The van der Waals surface area contributed by atoms with Gasteiger partial charge in [-0.3, -0.25) is 9.89 Å². The van der Waals surface area contributed by atoms with Crippen LogP contribution in [0.3, 0.4) is 0 Å². The summed E-state index contributed by atoms with van der Waals surface area (Å²) in [6.07, 6.45) is 0. The van der Waals surface area contributed by atoms with Gasteiger partial charge in [0.05, 0.1) is 43.7 Å². The summed E-state index contributed by atoms with van der Waals surface area (Å²) in [5.41, 5.74) is 4.63. The van der Waals surface area contributed by atoms with Crippen molar-refractivity contribution in [1.82, 2.24) is 20.5 Å². The Balaban J connectivity index is 1.59. The highest BCUT2D eigenvalue weighted by Gasteiger charge is 2.21. The number of carbonyl (C=O) groups excluding carboxylic acids is 1. The average Bonchev–Trinajstić information content (AvgIpc) is 3.39. The fourth-order valence-corrected chi connectivity index (χ4v) is 4.32. The average molecular weight is 529 g/mol. The lowest BCUT2D eigenvalue weighted by molar-refractivity contribution is 0.0952. The van der Waals surface area contributed by atoms with Gasteiger partial charge in [0.1, 0.15) is 5.75 Å². The summed E-state index contributed by atoms with van der Waals surface area (Å²) in [5.74, 6) is 1.65. The van der Waals surface area contributed by atoms with E-state index in [0.29, 0.717) is 51.1 Å². The fraction of sp³-hybridized carbons (Fsp3) is 0.138. The molecule has 0 spiro atoms. The number of aromatic amines is 1. The fourth-order valence-electron chi connectivity index (χ4n) is 4.19. The Morgan fingerprint density at radius 2 is 1.58 bits per heavy atom. The molecule has 0 bridgehead atoms. The van der Waals surface area contributed by atoms with E-state index in [1.807, 2.05) is 48.5 Å². The lowest BCUT2D eigenvalue weighted by Gasteiger charge is -2.12. The van der Waals surface area contributed by atoms with Crippen LogP contribution in [0.5, 0.6) is 17.2 Å². The molecule has 2 N–H and O–H groups in total. The topological polar surface area (TPSA) is 98.4 Å². The first kappa shape index (κ1) is 25.1. The van der Waals surface area contributed by atoms with Gasteiger partial charge in [-0.15, -0.1) is 0 Å². The molecule has 5 aromatic rings. The van der Waals surface area contributed by atoms with Crippen molar-refractivity contribution < 1.29 is 19.0 Å². The molecule has 2 heterocycles. The van der Waals surface area contributed by atoms with Crippen LogP contribution in [0.15, 0.2) is 72.8 Å². The molecule has 3 aromatic carbocycles. The summed E-state index contributed by atoms with van der Waals surface area (Å²) in [4.78, 5) is 18.4. The van der Waals surface area contributed by atoms with Crippen LogP contribution in [0.2, 0.25) is 5.02 Å². The Morgan fingerprint density at radius 3 is 2.26 bits per heavy atom. The number of amides is 1. The van der Waals surface area contributed by atoms with E-state index in [0.717, 1.165) is 22.4 Å². The van der Waals surface area contributed by atoms with Crippen LogP contribution in [0.1, 0.15) is 15.9 Å². The van der Waals surface area contributed by atoms with Gasteiger partial charge >= 0.3 is 0 Å². The molecule has 8 nitrogen and oxygen atoms in total. The molecule has 5 rings (SSSR count). The zero-order valence-corrected chi connectivity index (χ0v) is 21.8. The predicted octanol–water partition coefficient (Wildman–Crippen LogP) is 5.90. The maximum atomic E-state index is 13.6. The van der Waals surface area contributed by atoms with Crippen LogP contribution in [-0.4, -0.2) is 42.4 Å². The largest absolute Gasteiger partial charge is 0.497 e. The number of nitrogens with zero attached hydrogens (tertiary/aromatic N) is 2. The molecule has 2 aromatic heterocycles. The second kappa shape index (κ2) is 10.8. The monoisotopic (exact) mass is 528 g/mol.